The van der Waals surface area contributed by atoms with E-state index in [0.717, 1.165) is 21.6 Å². The van der Waals surface area contributed by atoms with E-state index in [2.05, 4.69) is 16.8 Å². The Morgan fingerprint density at radius 3 is 2.53 bits per heavy atom. The highest BCUT2D eigenvalue weighted by Crippen LogP contribution is 2.36. The van der Waals surface area contributed by atoms with E-state index in [0.29, 0.717) is 22.7 Å². The molecule has 1 aromatic carbocycles. The van der Waals surface area contributed by atoms with Gasteiger partial charge in [-0.25, -0.2) is 9.78 Å². The van der Waals surface area contributed by atoms with Gasteiger partial charge in [-0.1, -0.05) is 30.0 Å². The number of carbonyl (C=O) groups is 1. The fourth-order valence-electron chi connectivity index (χ4n) is 3.14. The predicted octanol–water partition coefficient (Wildman–Crippen LogP) is 5.46. The highest BCUT2D eigenvalue weighted by atomic mass is 32.1. The first kappa shape index (κ1) is 21.3. The minimum atomic E-state index is -0.440. The fraction of sp³-hybridized carbons (Fsp3) is 0.115. The SMILES string of the molecule is CCOC(=O)c1cc(-c2cccs2)nc(-c2ccc(C#Cc3cccnc3)cc2)c1OC. The van der Waals surface area contributed by atoms with Gasteiger partial charge in [0.15, 0.2) is 5.75 Å². The molecule has 0 aliphatic rings. The third-order valence-corrected chi connectivity index (χ3v) is 5.51. The van der Waals surface area contributed by atoms with Gasteiger partial charge in [-0.2, -0.15) is 0 Å². The molecule has 158 valence electrons. The number of hydrogen-bond acceptors (Lipinski definition) is 6. The lowest BCUT2D eigenvalue weighted by atomic mass is 10.0. The lowest BCUT2D eigenvalue weighted by Gasteiger charge is -2.14. The van der Waals surface area contributed by atoms with Crippen LogP contribution in [0.15, 0.2) is 72.4 Å². The molecule has 0 radical (unpaired) electrons. The van der Waals surface area contributed by atoms with E-state index in [4.69, 9.17) is 14.5 Å². The lowest BCUT2D eigenvalue weighted by molar-refractivity contribution is 0.0522. The van der Waals surface area contributed by atoms with Gasteiger partial charge in [0, 0.05) is 29.1 Å². The van der Waals surface area contributed by atoms with Crippen molar-refractivity contribution < 1.29 is 14.3 Å². The van der Waals surface area contributed by atoms with Crippen LogP contribution in [-0.2, 0) is 4.74 Å². The fourth-order valence-corrected chi connectivity index (χ4v) is 3.83. The van der Waals surface area contributed by atoms with Crippen LogP contribution in [0.4, 0.5) is 0 Å². The number of thiophene rings is 1. The van der Waals surface area contributed by atoms with Crippen LogP contribution in [0.3, 0.4) is 0 Å². The summed E-state index contributed by atoms with van der Waals surface area (Å²) < 4.78 is 10.9. The summed E-state index contributed by atoms with van der Waals surface area (Å²) in [6.07, 6.45) is 3.44. The maximum atomic E-state index is 12.7. The van der Waals surface area contributed by atoms with Crippen molar-refractivity contribution in [2.24, 2.45) is 0 Å². The van der Waals surface area contributed by atoms with Gasteiger partial charge in [-0.15, -0.1) is 11.3 Å². The number of methoxy groups -OCH3 is 1. The van der Waals surface area contributed by atoms with Crippen LogP contribution >= 0.6 is 11.3 Å². The van der Waals surface area contributed by atoms with Gasteiger partial charge in [0.05, 0.1) is 24.3 Å². The zero-order valence-corrected chi connectivity index (χ0v) is 18.5. The third kappa shape index (κ3) is 4.69. The molecule has 4 rings (SSSR count). The maximum absolute atomic E-state index is 12.7. The number of pyridine rings is 2. The Bertz CT molecular complexity index is 1270. The van der Waals surface area contributed by atoms with Crippen molar-refractivity contribution in [1.82, 2.24) is 9.97 Å². The van der Waals surface area contributed by atoms with Crippen molar-refractivity contribution >= 4 is 17.3 Å². The molecule has 0 aliphatic carbocycles. The first-order valence-electron chi connectivity index (χ1n) is 10.0. The molecule has 6 heteroatoms. The van der Waals surface area contributed by atoms with Crippen molar-refractivity contribution in [1.29, 1.82) is 0 Å². The van der Waals surface area contributed by atoms with Gasteiger partial charge in [0.1, 0.15) is 11.3 Å². The molecule has 0 atom stereocenters. The molecular formula is C26H20N2O3S. The molecule has 0 aliphatic heterocycles. The molecule has 3 heterocycles. The van der Waals surface area contributed by atoms with Gasteiger partial charge < -0.3 is 9.47 Å². The molecule has 32 heavy (non-hydrogen) atoms. The number of carbonyl (C=O) groups excluding carboxylic acids is 1. The minimum Gasteiger partial charge on any atom is -0.494 e. The Hall–Kier alpha value is -3.95. The van der Waals surface area contributed by atoms with Crippen molar-refractivity contribution in [2.45, 2.75) is 6.92 Å². The zero-order chi connectivity index (χ0) is 22.3. The van der Waals surface area contributed by atoms with Gasteiger partial charge >= 0.3 is 5.97 Å². The van der Waals surface area contributed by atoms with E-state index in [9.17, 15) is 4.79 Å². The molecule has 5 nitrogen and oxygen atoms in total. The average Bonchev–Trinajstić information content (AvgIpc) is 3.38. The van der Waals surface area contributed by atoms with Crippen molar-refractivity contribution in [3.63, 3.8) is 0 Å². The number of hydrogen-bond donors (Lipinski definition) is 0. The summed E-state index contributed by atoms with van der Waals surface area (Å²) in [4.78, 5) is 22.5. The number of rotatable bonds is 5. The molecule has 0 spiro atoms. The standard InChI is InChI=1S/C26H20N2O3S/c1-3-31-26(29)21-16-22(23-7-5-15-32-23)28-24(25(21)30-2)20-12-10-18(11-13-20)8-9-19-6-4-14-27-17-19/h4-7,10-17H,3H2,1-2H3. The average molecular weight is 441 g/mol. The summed E-state index contributed by atoms with van der Waals surface area (Å²) in [5, 5.41) is 1.97. The second-order valence-electron chi connectivity index (χ2n) is 6.70. The van der Waals surface area contributed by atoms with Gasteiger partial charge in [0.25, 0.3) is 0 Å². The van der Waals surface area contributed by atoms with E-state index in [1.54, 1.807) is 36.7 Å². The molecule has 0 N–H and O–H groups in total. The number of esters is 1. The summed E-state index contributed by atoms with van der Waals surface area (Å²) in [6, 6.07) is 17.1. The zero-order valence-electron chi connectivity index (χ0n) is 17.7. The molecule has 0 saturated carbocycles. The largest absolute Gasteiger partial charge is 0.494 e. The van der Waals surface area contributed by atoms with E-state index in [1.165, 1.54) is 7.11 Å². The normalized spacial score (nSPS) is 10.2. The lowest BCUT2D eigenvalue weighted by Crippen LogP contribution is -2.09. The molecule has 0 unspecified atom stereocenters. The molecule has 0 saturated heterocycles. The van der Waals surface area contributed by atoms with E-state index in [-0.39, 0.29) is 6.61 Å². The van der Waals surface area contributed by atoms with Gasteiger partial charge in [0.2, 0.25) is 0 Å². The van der Waals surface area contributed by atoms with Crippen LogP contribution in [0.2, 0.25) is 0 Å². The van der Waals surface area contributed by atoms with E-state index < -0.39 is 5.97 Å². The first-order valence-corrected chi connectivity index (χ1v) is 10.9. The van der Waals surface area contributed by atoms with Crippen LogP contribution in [0.5, 0.6) is 5.75 Å². The molecule has 3 aromatic heterocycles. The number of ether oxygens (including phenoxy) is 2. The van der Waals surface area contributed by atoms with Gasteiger partial charge in [-0.05, 0) is 48.7 Å². The molecule has 0 bridgehead atoms. The molecule has 0 amide bonds. The minimum absolute atomic E-state index is 0.276. The van der Waals surface area contributed by atoms with Crippen molar-refractivity contribution in [3.8, 4) is 39.4 Å². The van der Waals surface area contributed by atoms with Crippen LogP contribution in [-0.4, -0.2) is 29.7 Å². The van der Waals surface area contributed by atoms with Crippen molar-refractivity contribution in [2.75, 3.05) is 13.7 Å². The third-order valence-electron chi connectivity index (χ3n) is 4.62. The Balaban J connectivity index is 1.76. The summed E-state index contributed by atoms with van der Waals surface area (Å²) in [5.41, 5.74) is 4.15. The number of nitrogens with zero attached hydrogens (tertiary/aromatic N) is 2. The monoisotopic (exact) mass is 440 g/mol. The van der Waals surface area contributed by atoms with Crippen LogP contribution < -0.4 is 4.74 Å². The van der Waals surface area contributed by atoms with Crippen molar-refractivity contribution in [3.05, 3.63) is 89.1 Å². The summed E-state index contributed by atoms with van der Waals surface area (Å²) in [5.74, 6) is 6.18. The van der Waals surface area contributed by atoms with E-state index in [1.807, 2.05) is 53.9 Å². The van der Waals surface area contributed by atoms with Crippen LogP contribution in [0, 0.1) is 11.8 Å². The highest BCUT2D eigenvalue weighted by molar-refractivity contribution is 7.13. The predicted molar refractivity (Wildman–Crippen MR) is 126 cm³/mol. The maximum Gasteiger partial charge on any atom is 0.342 e. The topological polar surface area (TPSA) is 61.3 Å². The summed E-state index contributed by atoms with van der Waals surface area (Å²) in [7, 11) is 1.53. The van der Waals surface area contributed by atoms with Crippen LogP contribution in [0.25, 0.3) is 21.8 Å². The van der Waals surface area contributed by atoms with E-state index >= 15 is 0 Å². The Morgan fingerprint density at radius 1 is 1.06 bits per heavy atom. The summed E-state index contributed by atoms with van der Waals surface area (Å²) in [6.45, 7) is 2.05. The van der Waals surface area contributed by atoms with Crippen LogP contribution in [0.1, 0.15) is 28.4 Å². The molecular weight excluding hydrogens is 420 g/mol. The first-order chi connectivity index (χ1) is 15.7. The molecule has 4 aromatic rings. The quantitative estimate of drug-likeness (QED) is 0.305. The Morgan fingerprint density at radius 2 is 1.88 bits per heavy atom. The number of aromatic nitrogens is 2. The second kappa shape index (κ2) is 9.90. The Kier molecular flexibility index (Phi) is 6.59. The Labute approximate surface area is 190 Å². The number of benzene rings is 1. The smallest absolute Gasteiger partial charge is 0.342 e. The van der Waals surface area contributed by atoms with Gasteiger partial charge in [-0.3, -0.25) is 4.98 Å². The molecule has 0 fully saturated rings. The second-order valence-corrected chi connectivity index (χ2v) is 7.65. The highest BCUT2D eigenvalue weighted by Gasteiger charge is 2.22. The summed E-state index contributed by atoms with van der Waals surface area (Å²) >= 11 is 1.56.